The molecule has 0 nitrogen and oxygen atoms in total. The fourth-order valence-electron chi connectivity index (χ4n) is 1.98. The summed E-state index contributed by atoms with van der Waals surface area (Å²) in [5.74, 6) is 6.87. The first-order valence-corrected chi connectivity index (χ1v) is 6.51. The Morgan fingerprint density at radius 2 is 1.53 bits per heavy atom. The monoisotopic (exact) mass is 246 g/mol. The molecule has 2 aromatic rings. The smallest absolute Gasteiger partial charge is 0.0286 e. The number of allylic oxidation sites excluding steroid dienone is 1. The maximum atomic E-state index is 3.86. The summed E-state index contributed by atoms with van der Waals surface area (Å²) >= 11 is 0. The summed E-state index contributed by atoms with van der Waals surface area (Å²) in [6.45, 7) is 8.09. The van der Waals surface area contributed by atoms with Crippen LogP contribution in [0.25, 0.3) is 0 Å². The Morgan fingerprint density at radius 1 is 0.947 bits per heavy atom. The highest BCUT2D eigenvalue weighted by Crippen LogP contribution is 2.20. The van der Waals surface area contributed by atoms with Gasteiger partial charge in [0.15, 0.2) is 0 Å². The highest BCUT2D eigenvalue weighted by molar-refractivity contribution is 5.49. The standard InChI is InChI=1S/C19H18/c1-4-15(2)19-12-8-7-11-18(19)14-13-17-10-6-5-9-16(17)3/h4-12,15H,1H2,2-3H3. The third kappa shape index (κ3) is 3.14. The quantitative estimate of drug-likeness (QED) is 0.533. The molecule has 0 aromatic heterocycles. The molecule has 19 heavy (non-hydrogen) atoms. The van der Waals surface area contributed by atoms with Crippen LogP contribution in [0.3, 0.4) is 0 Å². The van der Waals surface area contributed by atoms with Gasteiger partial charge in [-0.15, -0.1) is 6.58 Å². The lowest BCUT2D eigenvalue weighted by Crippen LogP contribution is -1.93. The summed E-state index contributed by atoms with van der Waals surface area (Å²) < 4.78 is 0. The van der Waals surface area contributed by atoms with Gasteiger partial charge in [0.05, 0.1) is 0 Å². The number of hydrogen-bond acceptors (Lipinski definition) is 0. The van der Waals surface area contributed by atoms with Gasteiger partial charge in [0.25, 0.3) is 0 Å². The predicted octanol–water partition coefficient (Wildman–Crippen LogP) is 4.68. The van der Waals surface area contributed by atoms with Gasteiger partial charge in [-0.3, -0.25) is 0 Å². The highest BCUT2D eigenvalue weighted by Gasteiger charge is 2.04. The van der Waals surface area contributed by atoms with E-state index >= 15 is 0 Å². The van der Waals surface area contributed by atoms with Crippen molar-refractivity contribution in [2.75, 3.05) is 0 Å². The minimum atomic E-state index is 0.322. The van der Waals surface area contributed by atoms with E-state index in [1.165, 1.54) is 11.1 Å². The number of hydrogen-bond donors (Lipinski definition) is 0. The normalized spacial score (nSPS) is 11.3. The summed E-state index contributed by atoms with van der Waals surface area (Å²) in [4.78, 5) is 0. The minimum absolute atomic E-state index is 0.322. The summed E-state index contributed by atoms with van der Waals surface area (Å²) in [5.41, 5.74) is 4.62. The van der Waals surface area contributed by atoms with Crippen LogP contribution >= 0.6 is 0 Å². The molecule has 0 radical (unpaired) electrons. The van der Waals surface area contributed by atoms with Crippen LogP contribution in [-0.4, -0.2) is 0 Å². The van der Waals surface area contributed by atoms with Crippen molar-refractivity contribution in [3.05, 3.63) is 83.4 Å². The molecule has 2 rings (SSSR count). The second-order valence-corrected chi connectivity index (χ2v) is 4.68. The molecule has 0 fully saturated rings. The Kier molecular flexibility index (Phi) is 4.21. The van der Waals surface area contributed by atoms with Crippen LogP contribution in [0, 0.1) is 18.8 Å². The van der Waals surface area contributed by atoms with E-state index in [-0.39, 0.29) is 0 Å². The molecule has 0 aliphatic heterocycles. The summed E-state index contributed by atoms with van der Waals surface area (Å²) in [5, 5.41) is 0. The van der Waals surface area contributed by atoms with Crippen LogP contribution in [0.4, 0.5) is 0 Å². The molecule has 0 aliphatic carbocycles. The minimum Gasteiger partial charge on any atom is -0.102 e. The van der Waals surface area contributed by atoms with E-state index in [2.05, 4.69) is 56.5 Å². The first kappa shape index (κ1) is 13.2. The van der Waals surface area contributed by atoms with Crippen molar-refractivity contribution >= 4 is 0 Å². The van der Waals surface area contributed by atoms with Gasteiger partial charge in [0.2, 0.25) is 0 Å². The van der Waals surface area contributed by atoms with Crippen molar-refractivity contribution < 1.29 is 0 Å². The molecule has 0 spiro atoms. The van der Waals surface area contributed by atoms with Crippen LogP contribution < -0.4 is 0 Å². The number of aryl methyl sites for hydroxylation is 1. The number of rotatable bonds is 2. The van der Waals surface area contributed by atoms with Gasteiger partial charge >= 0.3 is 0 Å². The van der Waals surface area contributed by atoms with E-state index in [0.717, 1.165) is 11.1 Å². The predicted molar refractivity (Wildman–Crippen MR) is 82.2 cm³/mol. The number of benzene rings is 2. The van der Waals surface area contributed by atoms with Crippen LogP contribution in [0.15, 0.2) is 61.2 Å². The van der Waals surface area contributed by atoms with Crippen molar-refractivity contribution in [3.63, 3.8) is 0 Å². The SMILES string of the molecule is C=CC(C)c1ccccc1C#Cc1ccccc1C. The summed E-state index contributed by atoms with van der Waals surface area (Å²) in [6, 6.07) is 16.5. The fourth-order valence-corrected chi connectivity index (χ4v) is 1.98. The van der Waals surface area contributed by atoms with E-state index in [9.17, 15) is 0 Å². The first-order valence-electron chi connectivity index (χ1n) is 6.51. The van der Waals surface area contributed by atoms with Gasteiger partial charge in [0.1, 0.15) is 0 Å². The Morgan fingerprint density at radius 3 is 2.21 bits per heavy atom. The topological polar surface area (TPSA) is 0 Å². The molecule has 0 amide bonds. The Labute approximate surface area is 115 Å². The van der Waals surface area contributed by atoms with Crippen molar-refractivity contribution in [3.8, 4) is 11.8 Å². The lowest BCUT2D eigenvalue weighted by molar-refractivity contribution is 0.966. The zero-order valence-electron chi connectivity index (χ0n) is 11.5. The van der Waals surface area contributed by atoms with Gasteiger partial charge in [-0.05, 0) is 36.1 Å². The van der Waals surface area contributed by atoms with Gasteiger partial charge in [0, 0.05) is 11.1 Å². The zero-order valence-corrected chi connectivity index (χ0v) is 11.5. The molecule has 0 N–H and O–H groups in total. The molecule has 1 unspecified atom stereocenters. The molecular weight excluding hydrogens is 228 g/mol. The average molecular weight is 246 g/mol. The average Bonchev–Trinajstić information content (AvgIpc) is 2.46. The van der Waals surface area contributed by atoms with Gasteiger partial charge in [-0.2, -0.15) is 0 Å². The first-order chi connectivity index (χ1) is 9.22. The molecule has 0 bridgehead atoms. The van der Waals surface area contributed by atoms with E-state index in [4.69, 9.17) is 0 Å². The molecule has 2 aromatic carbocycles. The van der Waals surface area contributed by atoms with Crippen LogP contribution in [0.2, 0.25) is 0 Å². The third-order valence-corrected chi connectivity index (χ3v) is 3.28. The summed E-state index contributed by atoms with van der Waals surface area (Å²) in [6.07, 6.45) is 1.95. The van der Waals surface area contributed by atoms with E-state index in [1.807, 2.05) is 30.3 Å². The maximum Gasteiger partial charge on any atom is 0.0286 e. The molecule has 1 atom stereocenters. The third-order valence-electron chi connectivity index (χ3n) is 3.28. The fraction of sp³-hybridized carbons (Fsp3) is 0.158. The molecular formula is C19H18. The molecule has 0 heteroatoms. The van der Waals surface area contributed by atoms with Crippen molar-refractivity contribution in [1.29, 1.82) is 0 Å². The molecule has 94 valence electrons. The largest absolute Gasteiger partial charge is 0.102 e. The maximum absolute atomic E-state index is 3.86. The van der Waals surface area contributed by atoms with Crippen molar-refractivity contribution in [2.45, 2.75) is 19.8 Å². The van der Waals surface area contributed by atoms with Gasteiger partial charge in [-0.1, -0.05) is 61.2 Å². The molecule has 0 heterocycles. The Hall–Kier alpha value is -2.26. The summed E-state index contributed by atoms with van der Waals surface area (Å²) in [7, 11) is 0. The van der Waals surface area contributed by atoms with Crippen molar-refractivity contribution in [1.82, 2.24) is 0 Å². The van der Waals surface area contributed by atoms with E-state index < -0.39 is 0 Å². The van der Waals surface area contributed by atoms with Crippen LogP contribution in [0.5, 0.6) is 0 Å². The highest BCUT2D eigenvalue weighted by atomic mass is 14.1. The second-order valence-electron chi connectivity index (χ2n) is 4.68. The van der Waals surface area contributed by atoms with Crippen molar-refractivity contribution in [2.24, 2.45) is 0 Å². The lowest BCUT2D eigenvalue weighted by atomic mass is 9.96. The van der Waals surface area contributed by atoms with Gasteiger partial charge in [-0.25, -0.2) is 0 Å². The molecule has 0 aliphatic rings. The molecule has 0 saturated carbocycles. The van der Waals surface area contributed by atoms with Crippen LogP contribution in [0.1, 0.15) is 35.1 Å². The van der Waals surface area contributed by atoms with E-state index in [0.29, 0.717) is 5.92 Å². The lowest BCUT2D eigenvalue weighted by Gasteiger charge is -2.08. The second kappa shape index (κ2) is 6.07. The Balaban J connectivity index is 2.40. The molecule has 0 saturated heterocycles. The van der Waals surface area contributed by atoms with E-state index in [1.54, 1.807) is 0 Å². The van der Waals surface area contributed by atoms with Gasteiger partial charge < -0.3 is 0 Å². The zero-order chi connectivity index (χ0) is 13.7. The Bertz CT molecular complexity index is 638. The van der Waals surface area contributed by atoms with Crippen LogP contribution in [-0.2, 0) is 0 Å².